The van der Waals surface area contributed by atoms with Gasteiger partial charge >= 0.3 is 11.9 Å². The van der Waals surface area contributed by atoms with Crippen LogP contribution in [0.2, 0.25) is 0 Å². The van der Waals surface area contributed by atoms with Crippen LogP contribution in [0.1, 0.15) is 13.3 Å². The molecule has 0 aromatic carbocycles. The van der Waals surface area contributed by atoms with E-state index in [9.17, 15) is 14.4 Å². The van der Waals surface area contributed by atoms with E-state index >= 15 is 0 Å². The number of ketones is 1. The molecule has 0 saturated carbocycles. The van der Waals surface area contributed by atoms with Crippen LogP contribution in [-0.4, -0.2) is 29.9 Å². The van der Waals surface area contributed by atoms with E-state index in [1.54, 1.807) is 0 Å². The molecule has 80 valence electrons. The Morgan fingerprint density at radius 3 is 2.00 bits per heavy atom. The number of carbonyl (C=O) groups is 3. The minimum Gasteiger partial charge on any atom is -0.481 e. The number of carboxylic acid groups (broad SMARTS) is 1. The molecule has 0 bridgehead atoms. The minimum absolute atomic E-state index is 0.312. The van der Waals surface area contributed by atoms with Gasteiger partial charge in [-0.15, -0.1) is 0 Å². The number of hydrogen-bond acceptors (Lipinski definition) is 5. The maximum Gasteiger partial charge on any atom is 0.365 e. The molecule has 6 nitrogen and oxygen atoms in total. The van der Waals surface area contributed by atoms with Crippen LogP contribution in [0.4, 0.5) is 0 Å². The molecule has 0 aliphatic carbocycles. The van der Waals surface area contributed by atoms with E-state index in [1.165, 1.54) is 14.0 Å². The smallest absolute Gasteiger partial charge is 0.365 e. The number of rotatable bonds is 4. The van der Waals surface area contributed by atoms with Gasteiger partial charge in [0.25, 0.3) is 0 Å². The third-order valence-electron chi connectivity index (χ3n) is 0.732. The molecule has 0 rings (SSSR count). The van der Waals surface area contributed by atoms with Crippen molar-refractivity contribution in [1.29, 1.82) is 0 Å². The first kappa shape index (κ1) is 14.8. The lowest BCUT2D eigenvalue weighted by Gasteiger charge is -1.88. The second kappa shape index (κ2) is 9.40. The topological polar surface area (TPSA) is 89.9 Å². The quantitative estimate of drug-likeness (QED) is 0.307. The lowest BCUT2D eigenvalue weighted by Crippen LogP contribution is -2.00. The molecule has 0 aliphatic rings. The highest BCUT2D eigenvalue weighted by Gasteiger charge is 1.98. The molecule has 1 N–H and O–H groups in total. The molecular formula is C8H12O6. The van der Waals surface area contributed by atoms with Crippen LogP contribution < -0.4 is 0 Å². The molecule has 14 heavy (non-hydrogen) atoms. The van der Waals surface area contributed by atoms with E-state index in [1.807, 2.05) is 0 Å². The van der Waals surface area contributed by atoms with Crippen LogP contribution in [0, 0.1) is 0 Å². The highest BCUT2D eigenvalue weighted by atomic mass is 17.2. The molecule has 0 radical (unpaired) electrons. The summed E-state index contributed by atoms with van der Waals surface area (Å²) in [6, 6.07) is 0. The van der Waals surface area contributed by atoms with Crippen LogP contribution in [0.15, 0.2) is 12.7 Å². The molecule has 0 heterocycles. The Kier molecular flexibility index (Phi) is 9.94. The monoisotopic (exact) mass is 204 g/mol. The predicted molar refractivity (Wildman–Crippen MR) is 46.2 cm³/mol. The zero-order valence-corrected chi connectivity index (χ0v) is 7.98. The zero-order valence-electron chi connectivity index (χ0n) is 7.98. The molecule has 0 aromatic rings. The van der Waals surface area contributed by atoms with Gasteiger partial charge in [-0.1, -0.05) is 6.58 Å². The lowest BCUT2D eigenvalue weighted by molar-refractivity contribution is -0.249. The van der Waals surface area contributed by atoms with Crippen molar-refractivity contribution >= 4 is 17.7 Å². The van der Waals surface area contributed by atoms with Crippen molar-refractivity contribution in [2.24, 2.45) is 0 Å². The van der Waals surface area contributed by atoms with Gasteiger partial charge in [0.1, 0.15) is 12.2 Å². The Morgan fingerprint density at radius 2 is 1.93 bits per heavy atom. The highest BCUT2D eigenvalue weighted by Crippen LogP contribution is 1.77. The molecule has 0 amide bonds. The van der Waals surface area contributed by atoms with Gasteiger partial charge in [0.2, 0.25) is 0 Å². The Bertz CT molecular complexity index is 208. The van der Waals surface area contributed by atoms with Crippen molar-refractivity contribution in [3.8, 4) is 0 Å². The van der Waals surface area contributed by atoms with Crippen LogP contribution in [0.5, 0.6) is 0 Å². The summed E-state index contributed by atoms with van der Waals surface area (Å²) in [6.07, 6.45) is 0.656. The second-order valence-corrected chi connectivity index (χ2v) is 2.05. The molecule has 0 aliphatic heterocycles. The van der Waals surface area contributed by atoms with Gasteiger partial charge < -0.3 is 5.11 Å². The number of Topliss-reactive ketones (excluding diaryl/α,β-unsaturated/α-hetero) is 1. The van der Waals surface area contributed by atoms with Crippen molar-refractivity contribution in [3.63, 3.8) is 0 Å². The maximum atomic E-state index is 9.95. The molecule has 0 unspecified atom stereocenters. The number of hydrogen-bond donors (Lipinski definition) is 1. The van der Waals surface area contributed by atoms with Gasteiger partial charge in [-0.25, -0.2) is 4.79 Å². The first-order chi connectivity index (χ1) is 6.43. The van der Waals surface area contributed by atoms with Crippen molar-refractivity contribution in [3.05, 3.63) is 12.7 Å². The summed E-state index contributed by atoms with van der Waals surface area (Å²) in [5.41, 5.74) is 0. The molecule has 0 atom stereocenters. The standard InChI is InChI=1S/2C4H6O3/c1-3-4(5)7-6-2;1-3(5)2-4(6)7/h3H,1H2,2H3;2H2,1H3,(H,6,7). The van der Waals surface area contributed by atoms with Gasteiger partial charge in [-0.05, 0) is 6.92 Å². The zero-order chi connectivity index (χ0) is 11.6. The first-order valence-corrected chi connectivity index (χ1v) is 3.52. The van der Waals surface area contributed by atoms with E-state index in [2.05, 4.69) is 16.4 Å². The SMILES string of the molecule is C=CC(=O)OOC.CC(=O)CC(=O)O. The van der Waals surface area contributed by atoms with Gasteiger partial charge in [-0.2, -0.15) is 4.89 Å². The predicted octanol–water partition coefficient (Wildman–Crippen LogP) is 0.327. The summed E-state index contributed by atoms with van der Waals surface area (Å²) in [5, 5.41) is 7.86. The van der Waals surface area contributed by atoms with Crippen LogP contribution in [0.25, 0.3) is 0 Å². The van der Waals surface area contributed by atoms with Crippen LogP contribution in [0.3, 0.4) is 0 Å². The highest BCUT2D eigenvalue weighted by molar-refractivity contribution is 5.93. The lowest BCUT2D eigenvalue weighted by atomic mass is 10.3. The van der Waals surface area contributed by atoms with E-state index in [0.717, 1.165) is 6.08 Å². The summed E-state index contributed by atoms with van der Waals surface area (Å²) in [5.74, 6) is -1.96. The van der Waals surface area contributed by atoms with Gasteiger partial charge in [0.15, 0.2) is 0 Å². The van der Waals surface area contributed by atoms with Crippen molar-refractivity contribution < 1.29 is 29.3 Å². The van der Waals surface area contributed by atoms with Crippen molar-refractivity contribution in [2.45, 2.75) is 13.3 Å². The van der Waals surface area contributed by atoms with Gasteiger partial charge in [0.05, 0.1) is 7.11 Å². The van der Waals surface area contributed by atoms with E-state index in [4.69, 9.17) is 5.11 Å². The molecule has 6 heteroatoms. The van der Waals surface area contributed by atoms with Crippen LogP contribution >= 0.6 is 0 Å². The molecule has 0 saturated heterocycles. The van der Waals surface area contributed by atoms with Crippen molar-refractivity contribution in [1.82, 2.24) is 0 Å². The third-order valence-corrected chi connectivity index (χ3v) is 0.732. The fourth-order valence-corrected chi connectivity index (χ4v) is 0.329. The Morgan fingerprint density at radius 1 is 1.43 bits per heavy atom. The number of carbonyl (C=O) groups excluding carboxylic acids is 2. The number of carboxylic acids is 1. The largest absolute Gasteiger partial charge is 0.481 e. The molecule has 0 fully saturated rings. The normalized spacial score (nSPS) is 7.86. The van der Waals surface area contributed by atoms with E-state index in [-0.39, 0.29) is 12.2 Å². The summed E-state index contributed by atoms with van der Waals surface area (Å²) in [7, 11) is 1.25. The minimum atomic E-state index is -1.06. The van der Waals surface area contributed by atoms with Crippen LogP contribution in [-0.2, 0) is 24.2 Å². The van der Waals surface area contributed by atoms with Gasteiger partial charge in [0, 0.05) is 6.08 Å². The Balaban J connectivity index is 0. The Labute approximate surface area is 81.0 Å². The Hall–Kier alpha value is -1.69. The molecule has 0 aromatic heterocycles. The summed E-state index contributed by atoms with van der Waals surface area (Å²) < 4.78 is 0. The summed E-state index contributed by atoms with van der Waals surface area (Å²) >= 11 is 0. The van der Waals surface area contributed by atoms with E-state index < -0.39 is 11.9 Å². The summed E-state index contributed by atoms with van der Waals surface area (Å²) in [4.78, 5) is 37.3. The average molecular weight is 204 g/mol. The maximum absolute atomic E-state index is 9.95. The van der Waals surface area contributed by atoms with Crippen molar-refractivity contribution in [2.75, 3.05) is 7.11 Å². The number of aliphatic carboxylic acids is 1. The second-order valence-electron chi connectivity index (χ2n) is 2.05. The third kappa shape index (κ3) is 16.7. The first-order valence-electron chi connectivity index (χ1n) is 3.52. The molecular weight excluding hydrogens is 192 g/mol. The van der Waals surface area contributed by atoms with E-state index in [0.29, 0.717) is 0 Å². The average Bonchev–Trinajstić information content (AvgIpc) is 2.03. The fraction of sp³-hybridized carbons (Fsp3) is 0.375. The van der Waals surface area contributed by atoms with Gasteiger partial charge in [-0.3, -0.25) is 14.5 Å². The fourth-order valence-electron chi connectivity index (χ4n) is 0.329. The summed E-state index contributed by atoms with van der Waals surface area (Å²) in [6.45, 7) is 4.37. The molecule has 0 spiro atoms.